The molecule has 0 spiro atoms. The van der Waals surface area contributed by atoms with Crippen LogP contribution in [0.4, 0.5) is 4.39 Å². The van der Waals surface area contributed by atoms with Crippen molar-refractivity contribution in [2.75, 3.05) is 7.11 Å². The highest BCUT2D eigenvalue weighted by molar-refractivity contribution is 6.41. The largest absolute Gasteiger partial charge is 0.497 e. The van der Waals surface area contributed by atoms with E-state index in [1.54, 1.807) is 13.2 Å². The molecule has 1 amide bonds. The van der Waals surface area contributed by atoms with Crippen molar-refractivity contribution < 1.29 is 13.9 Å². The summed E-state index contributed by atoms with van der Waals surface area (Å²) in [7, 11) is 5.54. The molecule has 0 saturated carbocycles. The summed E-state index contributed by atoms with van der Waals surface area (Å²) in [5.74, 6) is 0.360. The van der Waals surface area contributed by atoms with E-state index in [0.29, 0.717) is 12.2 Å². The number of benzene rings is 2. The number of methoxy groups -OCH3 is 1. The normalized spacial score (nSPS) is 11.1. The average Bonchev–Trinajstić information content (AvgIpc) is 2.45. The van der Waals surface area contributed by atoms with E-state index < -0.39 is 5.34 Å². The Kier molecular flexibility index (Phi) is 5.14. The molecule has 23 heavy (non-hydrogen) atoms. The van der Waals surface area contributed by atoms with E-state index in [9.17, 15) is 9.18 Å². The van der Waals surface area contributed by atoms with Gasteiger partial charge in [0.25, 0.3) is 0 Å². The zero-order valence-corrected chi connectivity index (χ0v) is 13.9. The van der Waals surface area contributed by atoms with Gasteiger partial charge in [0.2, 0.25) is 5.91 Å². The summed E-state index contributed by atoms with van der Waals surface area (Å²) in [6, 6.07) is 12.2. The van der Waals surface area contributed by atoms with E-state index in [0.717, 1.165) is 16.7 Å². The maximum atomic E-state index is 13.6. The molecule has 0 aliphatic carbocycles. The minimum atomic E-state index is -0.400. The highest BCUT2D eigenvalue weighted by Crippen LogP contribution is 2.30. The van der Waals surface area contributed by atoms with E-state index in [-0.39, 0.29) is 11.7 Å². The molecule has 0 aliphatic heterocycles. The lowest BCUT2D eigenvalue weighted by Gasteiger charge is -2.27. The summed E-state index contributed by atoms with van der Waals surface area (Å²) >= 11 is 0. The number of hydrogen-bond donors (Lipinski definition) is 1. The third kappa shape index (κ3) is 4.62. The van der Waals surface area contributed by atoms with Crippen molar-refractivity contribution in [2.45, 2.75) is 18.7 Å². The molecule has 0 saturated heterocycles. The first-order chi connectivity index (χ1) is 10.8. The topological polar surface area (TPSA) is 38.3 Å². The van der Waals surface area contributed by atoms with E-state index >= 15 is 0 Å². The van der Waals surface area contributed by atoms with Crippen molar-refractivity contribution in [3.63, 3.8) is 0 Å². The van der Waals surface area contributed by atoms with Gasteiger partial charge in [-0.2, -0.15) is 0 Å². The van der Waals surface area contributed by atoms with Crippen LogP contribution in [0.5, 0.6) is 5.75 Å². The Labute approximate surface area is 138 Å². The number of carbonyl (C=O) groups excluding carboxylic acids is 1. The van der Waals surface area contributed by atoms with Gasteiger partial charge in [-0.15, -0.1) is 0 Å². The van der Waals surface area contributed by atoms with Crippen molar-refractivity contribution in [3.8, 4) is 16.9 Å². The third-order valence-electron chi connectivity index (χ3n) is 3.60. The molecule has 0 fully saturated rings. The molecule has 0 aliphatic rings. The molecule has 1 N–H and O–H groups in total. The van der Waals surface area contributed by atoms with Crippen LogP contribution in [0.25, 0.3) is 11.1 Å². The molecule has 0 aromatic heterocycles. The van der Waals surface area contributed by atoms with Gasteiger partial charge in [0.15, 0.2) is 0 Å². The van der Waals surface area contributed by atoms with Crippen molar-refractivity contribution >= 4 is 21.6 Å². The first kappa shape index (κ1) is 17.1. The monoisotopic (exact) mass is 311 g/mol. The number of hydrogen-bond acceptors (Lipinski definition) is 2. The van der Waals surface area contributed by atoms with Gasteiger partial charge in [0.1, 0.15) is 27.3 Å². The molecule has 0 bridgehead atoms. The summed E-state index contributed by atoms with van der Waals surface area (Å²) in [6.07, 6.45) is 0.627. The Morgan fingerprint density at radius 2 is 2.00 bits per heavy atom. The molecule has 2 aromatic rings. The van der Waals surface area contributed by atoms with Crippen LogP contribution < -0.4 is 10.1 Å². The molecule has 6 heteroatoms. The lowest BCUT2D eigenvalue weighted by Crippen LogP contribution is -2.50. The van der Waals surface area contributed by atoms with Crippen LogP contribution in [0.15, 0.2) is 42.5 Å². The van der Waals surface area contributed by atoms with E-state index in [1.165, 1.54) is 19.1 Å². The molecular formula is C17H20B2FNO2. The lowest BCUT2D eigenvalue weighted by atomic mass is 9.58. The smallest absolute Gasteiger partial charge is 0.216 e. The van der Waals surface area contributed by atoms with Crippen LogP contribution in [0.1, 0.15) is 12.5 Å². The second-order valence-electron chi connectivity index (χ2n) is 6.28. The predicted octanol–water partition coefficient (Wildman–Crippen LogP) is 1.10. The average molecular weight is 311 g/mol. The minimum Gasteiger partial charge on any atom is -0.497 e. The van der Waals surface area contributed by atoms with Crippen molar-refractivity contribution in [1.82, 2.24) is 5.32 Å². The first-order valence-corrected chi connectivity index (χ1v) is 7.52. The summed E-state index contributed by atoms with van der Waals surface area (Å²) in [5.41, 5.74) is 2.72. The second kappa shape index (κ2) is 6.90. The maximum absolute atomic E-state index is 13.6. The number of rotatable bonds is 5. The number of ether oxygens (including phenoxy) is 1. The van der Waals surface area contributed by atoms with Crippen molar-refractivity contribution in [2.24, 2.45) is 0 Å². The van der Waals surface area contributed by atoms with Gasteiger partial charge in [-0.25, -0.2) is 4.39 Å². The summed E-state index contributed by atoms with van der Waals surface area (Å²) in [5, 5.41) is 2.54. The Morgan fingerprint density at radius 1 is 1.26 bits per heavy atom. The molecule has 3 nitrogen and oxygen atoms in total. The Bertz CT molecular complexity index is 719. The SMILES string of the molecule is BC(B)(Cc1ccc(OC)cc1-c1cccc(F)c1)NC(C)=O. The second-order valence-corrected chi connectivity index (χ2v) is 6.28. The molecule has 118 valence electrons. The van der Waals surface area contributed by atoms with Crippen LogP contribution in [0, 0.1) is 5.82 Å². The molecule has 0 radical (unpaired) electrons. The molecule has 0 unspecified atom stereocenters. The quantitative estimate of drug-likeness (QED) is 0.840. The third-order valence-corrected chi connectivity index (χ3v) is 3.60. The molecule has 2 rings (SSSR count). The molecule has 2 aromatic carbocycles. The molecular weight excluding hydrogens is 291 g/mol. The molecule has 0 heterocycles. The summed E-state index contributed by atoms with van der Waals surface area (Å²) in [6.45, 7) is 1.50. The van der Waals surface area contributed by atoms with Gasteiger partial charge in [0.05, 0.1) is 7.11 Å². The molecule has 0 atom stereocenters. The zero-order valence-electron chi connectivity index (χ0n) is 13.9. The maximum Gasteiger partial charge on any atom is 0.216 e. The van der Waals surface area contributed by atoms with Crippen LogP contribution >= 0.6 is 0 Å². The zero-order chi connectivity index (χ0) is 17.0. The number of halogens is 1. The van der Waals surface area contributed by atoms with Crippen LogP contribution in [-0.2, 0) is 11.2 Å². The van der Waals surface area contributed by atoms with E-state index in [1.807, 2.05) is 40.0 Å². The van der Waals surface area contributed by atoms with Crippen LogP contribution in [0.2, 0.25) is 0 Å². The fourth-order valence-electron chi connectivity index (χ4n) is 2.76. The highest BCUT2D eigenvalue weighted by Gasteiger charge is 2.21. The van der Waals surface area contributed by atoms with Crippen LogP contribution in [-0.4, -0.2) is 34.0 Å². The predicted molar refractivity (Wildman–Crippen MR) is 95.7 cm³/mol. The van der Waals surface area contributed by atoms with Gasteiger partial charge < -0.3 is 10.1 Å². The highest BCUT2D eigenvalue weighted by atomic mass is 19.1. The number of carbonyl (C=O) groups is 1. The summed E-state index contributed by atoms with van der Waals surface area (Å²) in [4.78, 5) is 11.4. The number of amides is 1. The van der Waals surface area contributed by atoms with Gasteiger partial charge in [-0.1, -0.05) is 18.2 Å². The number of nitrogens with one attached hydrogen (secondary N) is 1. The van der Waals surface area contributed by atoms with Crippen molar-refractivity contribution in [3.05, 3.63) is 53.8 Å². The van der Waals surface area contributed by atoms with Gasteiger partial charge in [-0.3, -0.25) is 4.79 Å². The summed E-state index contributed by atoms with van der Waals surface area (Å²) < 4.78 is 18.9. The fourth-order valence-corrected chi connectivity index (χ4v) is 2.76. The van der Waals surface area contributed by atoms with Gasteiger partial charge in [0, 0.05) is 6.92 Å². The Morgan fingerprint density at radius 3 is 2.61 bits per heavy atom. The van der Waals surface area contributed by atoms with E-state index in [2.05, 4.69) is 5.32 Å². The van der Waals surface area contributed by atoms with Crippen molar-refractivity contribution in [1.29, 1.82) is 0 Å². The Hall–Kier alpha value is -2.23. The lowest BCUT2D eigenvalue weighted by molar-refractivity contribution is -0.119. The van der Waals surface area contributed by atoms with Crippen LogP contribution in [0.3, 0.4) is 0 Å². The van der Waals surface area contributed by atoms with E-state index in [4.69, 9.17) is 4.74 Å². The van der Waals surface area contributed by atoms with Gasteiger partial charge >= 0.3 is 0 Å². The Balaban J connectivity index is 2.45. The fraction of sp³-hybridized carbons (Fsp3) is 0.235. The van der Waals surface area contributed by atoms with Gasteiger partial charge in [-0.05, 0) is 52.7 Å². The standard InChI is InChI=1S/C17H20B2FNO2/c1-11(22)21-17(18,19)10-13-6-7-15(23-2)9-16(13)12-4-3-5-14(20)8-12/h3-9H,10,18-19H2,1-2H3,(H,21,22). The first-order valence-electron chi connectivity index (χ1n) is 7.52. The minimum absolute atomic E-state index is 0.0733.